The van der Waals surface area contributed by atoms with Gasteiger partial charge in [-0.1, -0.05) is 6.07 Å². The van der Waals surface area contributed by atoms with Crippen molar-refractivity contribution in [2.75, 3.05) is 6.61 Å². The highest BCUT2D eigenvalue weighted by atomic mass is 32.2. The zero-order valence-corrected chi connectivity index (χ0v) is 12.3. The number of ether oxygens (including phenoxy) is 1. The van der Waals surface area contributed by atoms with Gasteiger partial charge in [-0.25, -0.2) is 0 Å². The Labute approximate surface area is 121 Å². The van der Waals surface area contributed by atoms with Crippen molar-refractivity contribution in [3.05, 3.63) is 41.3 Å². The molecule has 1 heterocycles. The second-order valence-corrected chi connectivity index (χ2v) is 6.61. The van der Waals surface area contributed by atoms with E-state index in [0.29, 0.717) is 17.9 Å². The van der Waals surface area contributed by atoms with Crippen LogP contribution in [0.1, 0.15) is 12.5 Å². The molecular weight excluding hydrogens is 298 g/mol. The SMILES string of the molecule is CCOc1cc(/C=N\S(=O)(=O)c2cccs2)ccc1O. The zero-order chi connectivity index (χ0) is 14.6. The van der Waals surface area contributed by atoms with Crippen molar-refractivity contribution >= 4 is 27.6 Å². The van der Waals surface area contributed by atoms with Crippen LogP contribution in [0.25, 0.3) is 0 Å². The highest BCUT2D eigenvalue weighted by Crippen LogP contribution is 2.26. The van der Waals surface area contributed by atoms with E-state index in [-0.39, 0.29) is 9.96 Å². The fraction of sp³-hybridized carbons (Fsp3) is 0.154. The van der Waals surface area contributed by atoms with E-state index in [1.165, 1.54) is 24.4 Å². The molecule has 1 aromatic carbocycles. The standard InChI is InChI=1S/C13H13NO4S2/c1-2-18-12-8-10(5-6-11(12)15)9-14-20(16,17)13-4-3-7-19-13/h3-9,15H,2H2,1H3/b14-9-. The molecule has 0 amide bonds. The van der Waals surface area contributed by atoms with Crippen LogP contribution in [0.4, 0.5) is 0 Å². The number of rotatable bonds is 5. The quantitative estimate of drug-likeness (QED) is 0.861. The lowest BCUT2D eigenvalue weighted by Gasteiger charge is -2.05. The topological polar surface area (TPSA) is 76.0 Å². The van der Waals surface area contributed by atoms with E-state index in [9.17, 15) is 13.5 Å². The van der Waals surface area contributed by atoms with E-state index < -0.39 is 10.0 Å². The molecule has 0 saturated heterocycles. The Balaban J connectivity index is 2.26. The Morgan fingerprint density at radius 2 is 2.20 bits per heavy atom. The lowest BCUT2D eigenvalue weighted by molar-refractivity contribution is 0.318. The number of thiophene rings is 1. The molecular formula is C13H13NO4S2. The summed E-state index contributed by atoms with van der Waals surface area (Å²) in [5, 5.41) is 11.2. The first-order valence-electron chi connectivity index (χ1n) is 5.82. The van der Waals surface area contributed by atoms with Gasteiger partial charge in [-0.05, 0) is 42.1 Å². The van der Waals surface area contributed by atoms with Crippen LogP contribution < -0.4 is 4.74 Å². The number of hydrogen-bond acceptors (Lipinski definition) is 5. The number of benzene rings is 1. The van der Waals surface area contributed by atoms with Crippen molar-refractivity contribution in [3.63, 3.8) is 0 Å². The summed E-state index contributed by atoms with van der Waals surface area (Å²) < 4.78 is 32.8. The van der Waals surface area contributed by atoms with Crippen LogP contribution in [0.15, 0.2) is 44.3 Å². The summed E-state index contributed by atoms with van der Waals surface area (Å²) in [6.45, 7) is 2.20. The number of phenols is 1. The van der Waals surface area contributed by atoms with Gasteiger partial charge in [0.1, 0.15) is 4.21 Å². The Kier molecular flexibility index (Phi) is 4.41. The van der Waals surface area contributed by atoms with Crippen LogP contribution in [-0.2, 0) is 10.0 Å². The van der Waals surface area contributed by atoms with Crippen LogP contribution in [0.2, 0.25) is 0 Å². The Morgan fingerprint density at radius 1 is 1.40 bits per heavy atom. The number of hydrogen-bond donors (Lipinski definition) is 1. The molecule has 0 bridgehead atoms. The molecule has 0 fully saturated rings. The summed E-state index contributed by atoms with van der Waals surface area (Å²) in [5.74, 6) is 0.301. The highest BCUT2D eigenvalue weighted by molar-refractivity contribution is 7.92. The first kappa shape index (κ1) is 14.5. The van der Waals surface area contributed by atoms with E-state index in [1.54, 1.807) is 24.4 Å². The average molecular weight is 311 g/mol. The summed E-state index contributed by atoms with van der Waals surface area (Å²) in [6, 6.07) is 7.68. The lowest BCUT2D eigenvalue weighted by atomic mass is 10.2. The molecule has 0 atom stereocenters. The molecule has 5 nitrogen and oxygen atoms in total. The van der Waals surface area contributed by atoms with Crippen LogP contribution in [0, 0.1) is 0 Å². The molecule has 0 aliphatic heterocycles. The monoisotopic (exact) mass is 311 g/mol. The van der Waals surface area contributed by atoms with Gasteiger partial charge in [0.15, 0.2) is 11.5 Å². The van der Waals surface area contributed by atoms with Crippen LogP contribution in [-0.4, -0.2) is 26.3 Å². The molecule has 20 heavy (non-hydrogen) atoms. The minimum absolute atomic E-state index is 0.00474. The normalized spacial score (nSPS) is 11.8. The number of aromatic hydroxyl groups is 1. The Morgan fingerprint density at radius 3 is 2.85 bits per heavy atom. The van der Waals surface area contributed by atoms with Crippen molar-refractivity contribution < 1.29 is 18.3 Å². The van der Waals surface area contributed by atoms with E-state index in [2.05, 4.69) is 4.40 Å². The van der Waals surface area contributed by atoms with Gasteiger partial charge in [-0.3, -0.25) is 0 Å². The van der Waals surface area contributed by atoms with E-state index in [0.717, 1.165) is 11.3 Å². The first-order valence-corrected chi connectivity index (χ1v) is 8.14. The minimum atomic E-state index is -3.67. The maximum atomic E-state index is 11.9. The second kappa shape index (κ2) is 6.06. The van der Waals surface area contributed by atoms with Crippen molar-refractivity contribution in [3.8, 4) is 11.5 Å². The summed E-state index contributed by atoms with van der Waals surface area (Å²) in [4.78, 5) is 0. The predicted molar refractivity (Wildman–Crippen MR) is 78.4 cm³/mol. The second-order valence-electron chi connectivity index (χ2n) is 3.80. The van der Waals surface area contributed by atoms with Gasteiger partial charge in [0.25, 0.3) is 10.0 Å². The molecule has 2 aromatic rings. The third-order valence-electron chi connectivity index (χ3n) is 2.37. The van der Waals surface area contributed by atoms with Crippen molar-refractivity contribution in [2.24, 2.45) is 4.40 Å². The predicted octanol–water partition coefficient (Wildman–Crippen LogP) is 2.66. The Hall–Kier alpha value is -1.86. The summed E-state index contributed by atoms with van der Waals surface area (Å²) >= 11 is 1.11. The fourth-order valence-corrected chi connectivity index (χ4v) is 3.32. The van der Waals surface area contributed by atoms with Gasteiger partial charge in [0.2, 0.25) is 0 Å². The number of sulfonamides is 1. The van der Waals surface area contributed by atoms with Gasteiger partial charge < -0.3 is 9.84 Å². The van der Waals surface area contributed by atoms with Crippen molar-refractivity contribution in [1.29, 1.82) is 0 Å². The lowest BCUT2D eigenvalue weighted by Crippen LogP contribution is -1.96. The van der Waals surface area contributed by atoms with Gasteiger partial charge in [-0.15, -0.1) is 11.3 Å². The molecule has 2 rings (SSSR count). The third kappa shape index (κ3) is 3.37. The number of phenolic OH excluding ortho intramolecular Hbond substituents is 1. The summed E-state index contributed by atoms with van der Waals surface area (Å²) in [7, 11) is -3.67. The van der Waals surface area contributed by atoms with Crippen LogP contribution >= 0.6 is 11.3 Å². The van der Waals surface area contributed by atoms with Crippen LogP contribution in [0.5, 0.6) is 11.5 Å². The molecule has 0 unspecified atom stereocenters. The summed E-state index contributed by atoms with van der Waals surface area (Å²) in [5.41, 5.74) is 0.534. The maximum absolute atomic E-state index is 11.9. The molecule has 0 spiro atoms. The maximum Gasteiger partial charge on any atom is 0.291 e. The highest BCUT2D eigenvalue weighted by Gasteiger charge is 2.12. The molecule has 0 saturated carbocycles. The molecule has 106 valence electrons. The fourth-order valence-electron chi connectivity index (χ4n) is 1.47. The molecule has 1 N–H and O–H groups in total. The van der Waals surface area contributed by atoms with Crippen molar-refractivity contribution in [1.82, 2.24) is 0 Å². The summed E-state index contributed by atoms with van der Waals surface area (Å²) in [6.07, 6.45) is 1.23. The van der Waals surface area contributed by atoms with Crippen molar-refractivity contribution in [2.45, 2.75) is 11.1 Å². The van der Waals surface area contributed by atoms with Gasteiger partial charge >= 0.3 is 0 Å². The zero-order valence-electron chi connectivity index (χ0n) is 10.7. The average Bonchev–Trinajstić information content (AvgIpc) is 2.95. The van der Waals surface area contributed by atoms with E-state index in [1.807, 2.05) is 0 Å². The molecule has 0 aliphatic rings. The number of nitrogens with zero attached hydrogens (tertiary/aromatic N) is 1. The van der Waals surface area contributed by atoms with Gasteiger partial charge in [-0.2, -0.15) is 12.8 Å². The van der Waals surface area contributed by atoms with E-state index in [4.69, 9.17) is 4.74 Å². The minimum Gasteiger partial charge on any atom is -0.504 e. The van der Waals surface area contributed by atoms with Gasteiger partial charge in [0, 0.05) is 6.21 Å². The van der Waals surface area contributed by atoms with E-state index >= 15 is 0 Å². The molecule has 0 aliphatic carbocycles. The largest absolute Gasteiger partial charge is 0.504 e. The molecule has 0 radical (unpaired) electrons. The third-order valence-corrected chi connectivity index (χ3v) is 4.98. The van der Waals surface area contributed by atoms with Gasteiger partial charge in [0.05, 0.1) is 6.61 Å². The first-order chi connectivity index (χ1) is 9.53. The smallest absolute Gasteiger partial charge is 0.291 e. The molecule has 1 aromatic heterocycles. The Bertz CT molecular complexity index is 706. The van der Waals surface area contributed by atoms with Crippen LogP contribution in [0.3, 0.4) is 0 Å². The molecule has 7 heteroatoms.